The van der Waals surface area contributed by atoms with Crippen LogP contribution in [-0.2, 0) is 4.79 Å². The van der Waals surface area contributed by atoms with Crippen LogP contribution in [-0.4, -0.2) is 18.0 Å². The fourth-order valence-electron chi connectivity index (χ4n) is 3.02. The zero-order chi connectivity index (χ0) is 22.0. The minimum Gasteiger partial charge on any atom is -0.495 e. The molecule has 0 aliphatic rings. The van der Waals surface area contributed by atoms with Crippen molar-refractivity contribution in [2.75, 3.05) is 12.4 Å². The molecule has 8 heteroatoms. The number of aromatic nitrogens is 1. The van der Waals surface area contributed by atoms with E-state index in [-0.39, 0.29) is 5.91 Å². The van der Waals surface area contributed by atoms with Crippen LogP contribution in [0.25, 0.3) is 26.9 Å². The number of hydrogen-bond donors (Lipinski definition) is 1. The lowest BCUT2D eigenvalue weighted by atomic mass is 10.1. The first kappa shape index (κ1) is 21.7. The van der Waals surface area contributed by atoms with Crippen molar-refractivity contribution in [1.29, 1.82) is 0 Å². The minimum atomic E-state index is -0.323. The molecule has 0 aliphatic carbocycles. The van der Waals surface area contributed by atoms with Crippen LogP contribution >= 0.6 is 46.1 Å². The number of anilines is 1. The number of halogens is 3. The van der Waals surface area contributed by atoms with Crippen molar-refractivity contribution in [2.45, 2.75) is 0 Å². The van der Waals surface area contributed by atoms with Gasteiger partial charge in [0.05, 0.1) is 27.4 Å². The number of fused-ring (bicyclic) bond motifs is 1. The fourth-order valence-corrected chi connectivity index (χ4v) is 4.87. The Bertz CT molecular complexity index is 1280. The number of methoxy groups -OCH3 is 1. The number of nitrogens with zero attached hydrogens (tertiary/aromatic N) is 1. The molecule has 4 nitrogen and oxygen atoms in total. The highest BCUT2D eigenvalue weighted by atomic mass is 35.5. The highest BCUT2D eigenvalue weighted by molar-refractivity contribution is 7.21. The van der Waals surface area contributed by atoms with Gasteiger partial charge < -0.3 is 10.1 Å². The molecule has 0 unspecified atom stereocenters. The van der Waals surface area contributed by atoms with Gasteiger partial charge in [-0.3, -0.25) is 4.79 Å². The van der Waals surface area contributed by atoms with Crippen LogP contribution in [0.3, 0.4) is 0 Å². The molecule has 0 bridgehead atoms. The first-order chi connectivity index (χ1) is 14.9. The lowest BCUT2D eigenvalue weighted by molar-refractivity contribution is -0.111. The molecule has 0 saturated carbocycles. The predicted molar refractivity (Wildman–Crippen MR) is 131 cm³/mol. The molecule has 1 heterocycles. The quantitative estimate of drug-likeness (QED) is 0.294. The van der Waals surface area contributed by atoms with E-state index in [0.717, 1.165) is 20.8 Å². The molecular formula is C23H15Cl3N2O2S. The molecule has 1 N–H and O–H groups in total. The monoisotopic (exact) mass is 488 g/mol. The molecule has 0 atom stereocenters. The highest BCUT2D eigenvalue weighted by Crippen LogP contribution is 2.36. The van der Waals surface area contributed by atoms with Crippen LogP contribution in [0.4, 0.5) is 5.69 Å². The average Bonchev–Trinajstić information content (AvgIpc) is 3.17. The summed E-state index contributed by atoms with van der Waals surface area (Å²) in [6.07, 6.45) is 2.98. The van der Waals surface area contributed by atoms with Gasteiger partial charge in [-0.1, -0.05) is 46.9 Å². The second-order valence-corrected chi connectivity index (χ2v) is 8.80. The Morgan fingerprint density at radius 2 is 1.87 bits per heavy atom. The Balaban J connectivity index is 1.57. The third-order valence-electron chi connectivity index (χ3n) is 4.41. The Morgan fingerprint density at radius 1 is 1.06 bits per heavy atom. The van der Waals surface area contributed by atoms with Crippen molar-refractivity contribution in [3.05, 3.63) is 81.3 Å². The van der Waals surface area contributed by atoms with Crippen LogP contribution in [0.1, 0.15) is 5.56 Å². The van der Waals surface area contributed by atoms with Gasteiger partial charge in [-0.05, 0) is 48.5 Å². The lowest BCUT2D eigenvalue weighted by Crippen LogP contribution is -2.07. The molecule has 31 heavy (non-hydrogen) atoms. The number of para-hydroxylation sites is 1. The SMILES string of the molecule is COc1c(Cl)cc(Cl)cc1/C=C/C(=O)Nc1ccc(Cl)c(-c2nc3ccccc3s2)c1. The van der Waals surface area contributed by atoms with Crippen molar-refractivity contribution in [2.24, 2.45) is 0 Å². The number of benzene rings is 3. The first-order valence-electron chi connectivity index (χ1n) is 9.12. The van der Waals surface area contributed by atoms with E-state index in [1.54, 1.807) is 41.7 Å². The van der Waals surface area contributed by atoms with Crippen LogP contribution < -0.4 is 10.1 Å². The van der Waals surface area contributed by atoms with Gasteiger partial charge in [-0.25, -0.2) is 4.98 Å². The highest BCUT2D eigenvalue weighted by Gasteiger charge is 2.12. The van der Waals surface area contributed by atoms with Crippen molar-refractivity contribution < 1.29 is 9.53 Å². The second kappa shape index (κ2) is 9.28. The van der Waals surface area contributed by atoms with E-state index in [4.69, 9.17) is 39.5 Å². The summed E-state index contributed by atoms with van der Waals surface area (Å²) >= 11 is 20.1. The molecule has 0 aliphatic heterocycles. The first-order valence-corrected chi connectivity index (χ1v) is 11.1. The summed E-state index contributed by atoms with van der Waals surface area (Å²) in [5.41, 5.74) is 2.86. The molecule has 0 spiro atoms. The molecule has 3 aromatic carbocycles. The smallest absolute Gasteiger partial charge is 0.248 e. The minimum absolute atomic E-state index is 0.323. The van der Waals surface area contributed by atoms with E-state index < -0.39 is 0 Å². The lowest BCUT2D eigenvalue weighted by Gasteiger charge is -2.08. The molecule has 0 fully saturated rings. The van der Waals surface area contributed by atoms with Crippen molar-refractivity contribution in [3.8, 4) is 16.3 Å². The molecule has 0 saturated heterocycles. The van der Waals surface area contributed by atoms with Gasteiger partial charge >= 0.3 is 0 Å². The summed E-state index contributed by atoms with van der Waals surface area (Å²) in [5, 5.41) is 5.00. The van der Waals surface area contributed by atoms with Crippen LogP contribution in [0.2, 0.25) is 15.1 Å². The van der Waals surface area contributed by atoms with Gasteiger partial charge in [-0.2, -0.15) is 0 Å². The van der Waals surface area contributed by atoms with Gasteiger partial charge in [0.15, 0.2) is 0 Å². The average molecular weight is 490 g/mol. The number of carbonyl (C=O) groups is 1. The second-order valence-electron chi connectivity index (χ2n) is 6.51. The number of rotatable bonds is 5. The van der Waals surface area contributed by atoms with Crippen molar-refractivity contribution in [3.63, 3.8) is 0 Å². The third-order valence-corrected chi connectivity index (χ3v) is 6.31. The zero-order valence-electron chi connectivity index (χ0n) is 16.2. The Hall–Kier alpha value is -2.57. The van der Waals surface area contributed by atoms with E-state index in [2.05, 4.69) is 10.3 Å². The van der Waals surface area contributed by atoms with Crippen LogP contribution in [0.15, 0.2) is 60.7 Å². The number of thiazole rings is 1. The van der Waals surface area contributed by atoms with E-state index in [0.29, 0.717) is 32.1 Å². The van der Waals surface area contributed by atoms with E-state index in [1.165, 1.54) is 13.2 Å². The van der Waals surface area contributed by atoms with Gasteiger partial charge in [-0.15, -0.1) is 11.3 Å². The molecule has 4 rings (SSSR count). The zero-order valence-corrected chi connectivity index (χ0v) is 19.2. The summed E-state index contributed by atoms with van der Waals surface area (Å²) in [7, 11) is 1.50. The molecule has 1 aromatic heterocycles. The number of ether oxygens (including phenoxy) is 1. The summed E-state index contributed by atoms with van der Waals surface area (Å²) < 4.78 is 6.36. The van der Waals surface area contributed by atoms with Crippen LogP contribution in [0, 0.1) is 0 Å². The predicted octanol–water partition coefficient (Wildman–Crippen LogP) is 7.58. The number of carbonyl (C=O) groups excluding carboxylic acids is 1. The number of nitrogens with one attached hydrogen (secondary N) is 1. The maximum absolute atomic E-state index is 12.5. The van der Waals surface area contributed by atoms with Gasteiger partial charge in [0.25, 0.3) is 0 Å². The molecule has 0 radical (unpaired) electrons. The largest absolute Gasteiger partial charge is 0.495 e. The standard InChI is InChI=1S/C23H15Cl3N2O2S/c1-30-22-13(10-14(24)11-18(22)26)6-9-21(29)27-15-7-8-17(25)16(12-15)23-28-19-4-2-3-5-20(19)31-23/h2-12H,1H3,(H,27,29)/b9-6+. The maximum atomic E-state index is 12.5. The summed E-state index contributed by atoms with van der Waals surface area (Å²) in [4.78, 5) is 17.1. The van der Waals surface area contributed by atoms with Gasteiger partial charge in [0, 0.05) is 27.9 Å². The number of amides is 1. The van der Waals surface area contributed by atoms with E-state index in [1.807, 2.05) is 30.3 Å². The molecule has 156 valence electrons. The van der Waals surface area contributed by atoms with Gasteiger partial charge in [0.2, 0.25) is 5.91 Å². The summed E-state index contributed by atoms with van der Waals surface area (Å²) in [6, 6.07) is 16.4. The fraction of sp³-hybridized carbons (Fsp3) is 0.0435. The number of hydrogen-bond acceptors (Lipinski definition) is 4. The molecule has 1 amide bonds. The van der Waals surface area contributed by atoms with E-state index in [9.17, 15) is 4.79 Å². The topological polar surface area (TPSA) is 51.2 Å². The summed E-state index contributed by atoms with van der Waals surface area (Å²) in [5.74, 6) is 0.121. The van der Waals surface area contributed by atoms with Crippen LogP contribution in [0.5, 0.6) is 5.75 Å². The maximum Gasteiger partial charge on any atom is 0.248 e. The van der Waals surface area contributed by atoms with E-state index >= 15 is 0 Å². The van der Waals surface area contributed by atoms with Crippen molar-refractivity contribution >= 4 is 74.0 Å². The Labute approximate surface area is 198 Å². The normalized spacial score (nSPS) is 11.2. The molecule has 4 aromatic rings. The Morgan fingerprint density at radius 3 is 2.65 bits per heavy atom. The Kier molecular flexibility index (Phi) is 6.49. The van der Waals surface area contributed by atoms with Gasteiger partial charge in [0.1, 0.15) is 10.8 Å². The third kappa shape index (κ3) is 4.86. The molecular weight excluding hydrogens is 475 g/mol. The van der Waals surface area contributed by atoms with Crippen molar-refractivity contribution in [1.82, 2.24) is 4.98 Å². The summed E-state index contributed by atoms with van der Waals surface area (Å²) in [6.45, 7) is 0.